The fourth-order valence-electron chi connectivity index (χ4n) is 1.78. The third-order valence-electron chi connectivity index (χ3n) is 2.80. The van der Waals surface area contributed by atoms with Crippen LogP contribution in [0.15, 0.2) is 40.6 Å². The summed E-state index contributed by atoms with van der Waals surface area (Å²) in [5.74, 6) is 0. The Labute approximate surface area is 127 Å². The maximum Gasteiger partial charge on any atom is 0.241 e. The molecule has 0 bridgehead atoms. The molecule has 0 aliphatic rings. The molecule has 0 saturated carbocycles. The van der Waals surface area contributed by atoms with E-state index in [1.54, 1.807) is 23.6 Å². The number of nitrogens with one attached hydrogen (secondary N) is 1. The van der Waals surface area contributed by atoms with Crippen LogP contribution in [0.25, 0.3) is 0 Å². The number of halogens is 1. The van der Waals surface area contributed by atoms with E-state index in [0.29, 0.717) is 22.9 Å². The molecule has 0 radical (unpaired) electrons. The number of sulfonamides is 1. The smallest absolute Gasteiger partial charge is 0.241 e. The number of rotatable bonds is 6. The van der Waals surface area contributed by atoms with E-state index in [1.165, 1.54) is 11.3 Å². The van der Waals surface area contributed by atoms with E-state index in [1.807, 2.05) is 12.1 Å². The van der Waals surface area contributed by atoms with Gasteiger partial charge in [-0.05, 0) is 35.6 Å². The van der Waals surface area contributed by atoms with Gasteiger partial charge in [0.2, 0.25) is 10.0 Å². The first-order valence-electron chi connectivity index (χ1n) is 6.03. The highest BCUT2D eigenvalue weighted by atomic mass is 35.5. The average Bonchev–Trinajstić information content (AvgIpc) is 2.90. The SMILES string of the molecule is NCc1sccc1S(=O)(=O)NCCc1ccc(Cl)cc1. The molecule has 0 atom stereocenters. The molecule has 1 aromatic carbocycles. The van der Waals surface area contributed by atoms with E-state index < -0.39 is 10.0 Å². The van der Waals surface area contributed by atoms with Crippen LogP contribution in [-0.4, -0.2) is 15.0 Å². The zero-order valence-electron chi connectivity index (χ0n) is 10.7. The van der Waals surface area contributed by atoms with Gasteiger partial charge in [0.1, 0.15) is 0 Å². The molecule has 1 aromatic heterocycles. The van der Waals surface area contributed by atoms with Crippen molar-refractivity contribution in [1.29, 1.82) is 0 Å². The molecule has 0 amide bonds. The van der Waals surface area contributed by atoms with Crippen molar-refractivity contribution in [3.63, 3.8) is 0 Å². The Bertz CT molecular complexity index is 666. The van der Waals surface area contributed by atoms with E-state index in [-0.39, 0.29) is 11.4 Å². The monoisotopic (exact) mass is 330 g/mol. The molecular formula is C13H15ClN2O2S2. The molecule has 0 aliphatic carbocycles. The van der Waals surface area contributed by atoms with Crippen molar-refractivity contribution in [1.82, 2.24) is 4.72 Å². The molecule has 2 aromatic rings. The summed E-state index contributed by atoms with van der Waals surface area (Å²) in [5, 5.41) is 2.40. The maximum absolute atomic E-state index is 12.1. The molecule has 0 fully saturated rings. The number of benzene rings is 1. The van der Waals surface area contributed by atoms with Crippen LogP contribution in [0, 0.1) is 0 Å². The van der Waals surface area contributed by atoms with Gasteiger partial charge in [-0.1, -0.05) is 23.7 Å². The van der Waals surface area contributed by atoms with Crippen LogP contribution in [0.2, 0.25) is 5.02 Å². The topological polar surface area (TPSA) is 72.2 Å². The Hall–Kier alpha value is -0.920. The molecule has 2 rings (SSSR count). The maximum atomic E-state index is 12.1. The second-order valence-corrected chi connectivity index (χ2v) is 7.36. The third-order valence-corrected chi connectivity index (χ3v) is 5.67. The number of hydrogen-bond acceptors (Lipinski definition) is 4. The fourth-order valence-corrected chi connectivity index (χ4v) is 4.27. The number of nitrogens with two attached hydrogens (primary N) is 1. The van der Waals surface area contributed by atoms with Crippen LogP contribution in [0.3, 0.4) is 0 Å². The lowest BCUT2D eigenvalue weighted by Crippen LogP contribution is -2.26. The van der Waals surface area contributed by atoms with Crippen LogP contribution in [0.5, 0.6) is 0 Å². The lowest BCUT2D eigenvalue weighted by molar-refractivity contribution is 0.581. The van der Waals surface area contributed by atoms with E-state index >= 15 is 0 Å². The summed E-state index contributed by atoms with van der Waals surface area (Å²) in [7, 11) is -3.48. The van der Waals surface area contributed by atoms with E-state index in [2.05, 4.69) is 4.72 Å². The van der Waals surface area contributed by atoms with Crippen LogP contribution in [0.1, 0.15) is 10.4 Å². The third kappa shape index (κ3) is 3.80. The van der Waals surface area contributed by atoms with Crippen molar-refractivity contribution in [2.75, 3.05) is 6.54 Å². The van der Waals surface area contributed by atoms with Crippen molar-refractivity contribution >= 4 is 33.0 Å². The predicted octanol–water partition coefficient (Wildman–Crippen LogP) is 2.38. The van der Waals surface area contributed by atoms with Crippen LogP contribution >= 0.6 is 22.9 Å². The molecule has 108 valence electrons. The highest BCUT2D eigenvalue weighted by Crippen LogP contribution is 2.21. The normalized spacial score (nSPS) is 11.7. The molecule has 4 nitrogen and oxygen atoms in total. The lowest BCUT2D eigenvalue weighted by atomic mass is 10.2. The van der Waals surface area contributed by atoms with Crippen molar-refractivity contribution in [2.24, 2.45) is 5.73 Å². The van der Waals surface area contributed by atoms with Gasteiger partial charge < -0.3 is 5.73 Å². The molecule has 0 saturated heterocycles. The van der Waals surface area contributed by atoms with Gasteiger partial charge in [0, 0.05) is 23.0 Å². The molecule has 1 heterocycles. The summed E-state index contributed by atoms with van der Waals surface area (Å²) in [6, 6.07) is 8.92. The first-order chi connectivity index (χ1) is 9.53. The molecule has 20 heavy (non-hydrogen) atoms. The highest BCUT2D eigenvalue weighted by molar-refractivity contribution is 7.89. The molecule has 0 aliphatic heterocycles. The predicted molar refractivity (Wildman–Crippen MR) is 82.6 cm³/mol. The minimum Gasteiger partial charge on any atom is -0.326 e. The standard InChI is InChI=1S/C13H15ClN2O2S2/c14-11-3-1-10(2-4-11)5-7-16-20(17,18)13-6-8-19-12(13)9-15/h1-4,6,8,16H,5,7,9,15H2. The Balaban J connectivity index is 1.98. The minimum atomic E-state index is -3.48. The van der Waals surface area contributed by atoms with Gasteiger partial charge in [-0.2, -0.15) is 0 Å². The van der Waals surface area contributed by atoms with Gasteiger partial charge in [0.15, 0.2) is 0 Å². The van der Waals surface area contributed by atoms with E-state index in [0.717, 1.165) is 5.56 Å². The summed E-state index contributed by atoms with van der Waals surface area (Å²) >= 11 is 7.15. The Morgan fingerprint density at radius 3 is 2.55 bits per heavy atom. The molecule has 7 heteroatoms. The van der Waals surface area contributed by atoms with Crippen molar-refractivity contribution in [3.05, 3.63) is 51.2 Å². The summed E-state index contributed by atoms with van der Waals surface area (Å²) in [6.45, 7) is 0.564. The van der Waals surface area contributed by atoms with E-state index in [4.69, 9.17) is 17.3 Å². The van der Waals surface area contributed by atoms with Gasteiger partial charge in [0.25, 0.3) is 0 Å². The van der Waals surface area contributed by atoms with Gasteiger partial charge in [-0.3, -0.25) is 0 Å². The Morgan fingerprint density at radius 2 is 1.90 bits per heavy atom. The first kappa shape index (κ1) is 15.5. The second-order valence-electron chi connectivity index (χ2n) is 4.19. The lowest BCUT2D eigenvalue weighted by Gasteiger charge is -2.07. The summed E-state index contributed by atoms with van der Waals surface area (Å²) in [4.78, 5) is 0.949. The van der Waals surface area contributed by atoms with Gasteiger partial charge in [-0.15, -0.1) is 11.3 Å². The molecule has 0 unspecified atom stereocenters. The Kier molecular flexibility index (Phi) is 5.17. The van der Waals surface area contributed by atoms with Crippen molar-refractivity contribution in [2.45, 2.75) is 17.9 Å². The summed E-state index contributed by atoms with van der Waals surface area (Å²) in [5.41, 5.74) is 6.56. The second kappa shape index (κ2) is 6.69. The van der Waals surface area contributed by atoms with Gasteiger partial charge >= 0.3 is 0 Å². The van der Waals surface area contributed by atoms with Gasteiger partial charge in [-0.25, -0.2) is 13.1 Å². The average molecular weight is 331 g/mol. The van der Waals surface area contributed by atoms with Crippen LogP contribution in [-0.2, 0) is 23.0 Å². The molecular weight excluding hydrogens is 316 g/mol. The zero-order chi connectivity index (χ0) is 14.6. The van der Waals surface area contributed by atoms with Gasteiger partial charge in [0.05, 0.1) is 4.90 Å². The quantitative estimate of drug-likeness (QED) is 0.854. The molecule has 3 N–H and O–H groups in total. The minimum absolute atomic E-state index is 0.227. The number of hydrogen-bond donors (Lipinski definition) is 2. The van der Waals surface area contributed by atoms with Crippen LogP contribution in [0.4, 0.5) is 0 Å². The largest absolute Gasteiger partial charge is 0.326 e. The van der Waals surface area contributed by atoms with Crippen molar-refractivity contribution < 1.29 is 8.42 Å². The van der Waals surface area contributed by atoms with E-state index in [9.17, 15) is 8.42 Å². The van der Waals surface area contributed by atoms with Crippen molar-refractivity contribution in [3.8, 4) is 0 Å². The number of thiophene rings is 1. The summed E-state index contributed by atoms with van der Waals surface area (Å²) in [6.07, 6.45) is 0.610. The highest BCUT2D eigenvalue weighted by Gasteiger charge is 2.18. The fraction of sp³-hybridized carbons (Fsp3) is 0.231. The summed E-state index contributed by atoms with van der Waals surface area (Å²) < 4.78 is 26.9. The Morgan fingerprint density at radius 1 is 1.20 bits per heavy atom. The van der Waals surface area contributed by atoms with Crippen LogP contribution < -0.4 is 10.5 Å². The molecule has 0 spiro atoms. The zero-order valence-corrected chi connectivity index (χ0v) is 13.1. The first-order valence-corrected chi connectivity index (χ1v) is 8.77.